The number of ether oxygens (including phenoxy) is 1. The molecule has 8 heteroatoms. The molecule has 4 rings (SSSR count). The Bertz CT molecular complexity index is 1130. The maximum Gasteiger partial charge on any atom is 0.288 e. The fourth-order valence-electron chi connectivity index (χ4n) is 4.39. The molecule has 1 N–H and O–H groups in total. The Morgan fingerprint density at radius 1 is 1.03 bits per heavy atom. The first kappa shape index (κ1) is 23.9. The third-order valence-corrected chi connectivity index (χ3v) is 7.34. The van der Waals surface area contributed by atoms with Crippen LogP contribution in [0.2, 0.25) is 5.02 Å². The minimum absolute atomic E-state index is 0.0552. The number of phenols is 1. The van der Waals surface area contributed by atoms with Gasteiger partial charge in [-0.2, -0.15) is 0 Å². The van der Waals surface area contributed by atoms with Crippen molar-refractivity contribution in [2.45, 2.75) is 51.2 Å². The van der Waals surface area contributed by atoms with E-state index < -0.39 is 17.4 Å². The molecular weight excluding hydrogens is 485 g/mol. The summed E-state index contributed by atoms with van der Waals surface area (Å²) in [5.74, 6) is -1.00. The van der Waals surface area contributed by atoms with E-state index in [-0.39, 0.29) is 38.7 Å². The summed E-state index contributed by atoms with van der Waals surface area (Å²) in [6.07, 6.45) is 4.83. The largest absolute Gasteiger partial charge is 0.506 e. The Labute approximate surface area is 207 Å². The van der Waals surface area contributed by atoms with Crippen molar-refractivity contribution in [3.05, 3.63) is 68.2 Å². The molecule has 0 aromatic heterocycles. The molecule has 174 valence electrons. The van der Waals surface area contributed by atoms with Gasteiger partial charge in [0.05, 0.1) is 10.6 Å². The highest BCUT2D eigenvalue weighted by Gasteiger charge is 2.63. The Hall–Kier alpha value is -2.21. The molecule has 2 aliphatic heterocycles. The van der Waals surface area contributed by atoms with Crippen LogP contribution < -0.4 is 4.74 Å². The first-order chi connectivity index (χ1) is 15.8. The lowest BCUT2D eigenvalue weighted by atomic mass is 9.97. The third-order valence-electron chi connectivity index (χ3n) is 6.15. The van der Waals surface area contributed by atoms with Crippen molar-refractivity contribution in [3.63, 3.8) is 0 Å². The highest BCUT2D eigenvalue weighted by atomic mass is 35.5. The zero-order chi connectivity index (χ0) is 23.8. The Balaban J connectivity index is 1.72. The number of hydrogen-bond donors (Lipinski definition) is 1. The molecule has 0 saturated heterocycles. The number of ketones is 1. The first-order valence-electron chi connectivity index (χ1n) is 11.0. The second kappa shape index (κ2) is 9.57. The normalized spacial score (nSPS) is 19.6. The summed E-state index contributed by atoms with van der Waals surface area (Å²) >= 11 is 19.0. The summed E-state index contributed by atoms with van der Waals surface area (Å²) in [6.45, 7) is 2.28. The fourth-order valence-corrected chi connectivity index (χ4v) is 5.15. The zero-order valence-corrected chi connectivity index (χ0v) is 20.4. The summed E-state index contributed by atoms with van der Waals surface area (Å²) < 4.78 is 6.21. The van der Waals surface area contributed by atoms with Gasteiger partial charge in [-0.05, 0) is 30.9 Å². The van der Waals surface area contributed by atoms with Crippen LogP contribution in [0.3, 0.4) is 0 Å². The van der Waals surface area contributed by atoms with E-state index in [4.69, 9.17) is 39.5 Å². The van der Waals surface area contributed by atoms with E-state index in [1.165, 1.54) is 11.0 Å². The van der Waals surface area contributed by atoms with E-state index in [0.29, 0.717) is 18.4 Å². The first-order valence-corrected chi connectivity index (χ1v) is 12.2. The average Bonchev–Trinajstić information content (AvgIpc) is 3.20. The second-order valence-corrected chi connectivity index (χ2v) is 9.43. The topological polar surface area (TPSA) is 66.8 Å². The van der Waals surface area contributed by atoms with Gasteiger partial charge in [-0.1, -0.05) is 91.3 Å². The van der Waals surface area contributed by atoms with Gasteiger partial charge in [-0.25, -0.2) is 0 Å². The van der Waals surface area contributed by atoms with E-state index in [1.54, 1.807) is 0 Å². The maximum absolute atomic E-state index is 13.7. The molecule has 2 heterocycles. The molecule has 1 atom stereocenters. The lowest BCUT2D eigenvalue weighted by Gasteiger charge is -2.33. The summed E-state index contributed by atoms with van der Waals surface area (Å²) in [6, 6.07) is 10.9. The average molecular weight is 509 g/mol. The van der Waals surface area contributed by atoms with Crippen molar-refractivity contribution in [1.82, 2.24) is 4.90 Å². The smallest absolute Gasteiger partial charge is 0.288 e. The van der Waals surface area contributed by atoms with Gasteiger partial charge in [0, 0.05) is 12.1 Å². The standard InChI is InChI=1S/C25H24Cl3NO4/c1-2-3-4-8-11-16-20(30)18(26)14-17-21(16)33-25(23(17)31)22(28)19(27)24(32)29(25)13-12-15-9-6-5-7-10-15/h5-7,9-10,14,30H,2-4,8,11-13H2,1H3. The number of aromatic hydroxyl groups is 1. The third kappa shape index (κ3) is 4.01. The van der Waals surface area contributed by atoms with Crippen molar-refractivity contribution < 1.29 is 19.4 Å². The zero-order valence-electron chi connectivity index (χ0n) is 18.2. The number of rotatable bonds is 8. The van der Waals surface area contributed by atoms with E-state index in [0.717, 1.165) is 31.2 Å². The molecule has 2 aromatic rings. The van der Waals surface area contributed by atoms with E-state index >= 15 is 0 Å². The molecule has 0 aliphatic carbocycles. The number of nitrogens with zero attached hydrogens (tertiary/aromatic N) is 1. The predicted octanol–water partition coefficient (Wildman–Crippen LogP) is 6.21. The second-order valence-electron chi connectivity index (χ2n) is 8.27. The van der Waals surface area contributed by atoms with Crippen LogP contribution in [-0.2, 0) is 17.6 Å². The maximum atomic E-state index is 13.7. The molecule has 0 radical (unpaired) electrons. The quantitative estimate of drug-likeness (QED) is 0.430. The summed E-state index contributed by atoms with van der Waals surface area (Å²) in [7, 11) is 0. The van der Waals surface area contributed by atoms with Crippen molar-refractivity contribution in [2.24, 2.45) is 0 Å². The number of phenolic OH excluding ortho intramolecular Hbond substituents is 1. The number of fused-ring (bicyclic) bond motifs is 1. The molecule has 2 aliphatic rings. The molecule has 0 bridgehead atoms. The van der Waals surface area contributed by atoms with E-state index in [9.17, 15) is 14.7 Å². The number of carbonyl (C=O) groups is 2. The molecular formula is C25H24Cl3NO4. The van der Waals surface area contributed by atoms with Crippen LogP contribution in [-0.4, -0.2) is 34.0 Å². The molecule has 0 saturated carbocycles. The Morgan fingerprint density at radius 2 is 1.76 bits per heavy atom. The van der Waals surface area contributed by atoms with Gasteiger partial charge in [0.25, 0.3) is 11.6 Å². The van der Waals surface area contributed by atoms with E-state index in [2.05, 4.69) is 6.92 Å². The van der Waals surface area contributed by atoms with Crippen LogP contribution in [0.5, 0.6) is 11.5 Å². The number of amides is 1. The minimum Gasteiger partial charge on any atom is -0.506 e. The van der Waals surface area contributed by atoms with Crippen molar-refractivity contribution in [2.75, 3.05) is 6.54 Å². The molecule has 0 fully saturated rings. The van der Waals surface area contributed by atoms with Crippen molar-refractivity contribution in [3.8, 4) is 11.5 Å². The highest BCUT2D eigenvalue weighted by Crippen LogP contribution is 2.52. The van der Waals surface area contributed by atoms with Gasteiger partial charge < -0.3 is 9.84 Å². The number of halogens is 3. The molecule has 1 amide bonds. The van der Waals surface area contributed by atoms with Gasteiger partial charge >= 0.3 is 0 Å². The number of hydrogen-bond acceptors (Lipinski definition) is 4. The number of carbonyl (C=O) groups excluding carboxylic acids is 2. The number of Topliss-reactive ketones (excluding diaryl/α,β-unsaturated/α-hetero) is 1. The van der Waals surface area contributed by atoms with Gasteiger partial charge in [-0.3, -0.25) is 14.5 Å². The van der Waals surface area contributed by atoms with Crippen LogP contribution in [0.4, 0.5) is 0 Å². The monoisotopic (exact) mass is 507 g/mol. The number of benzene rings is 2. The highest BCUT2D eigenvalue weighted by molar-refractivity contribution is 6.51. The predicted molar refractivity (Wildman–Crippen MR) is 129 cm³/mol. The van der Waals surface area contributed by atoms with Gasteiger partial charge in [0.2, 0.25) is 5.78 Å². The molecule has 33 heavy (non-hydrogen) atoms. The lowest BCUT2D eigenvalue weighted by Crippen LogP contribution is -2.55. The van der Waals surface area contributed by atoms with Crippen LogP contribution >= 0.6 is 34.8 Å². The van der Waals surface area contributed by atoms with Crippen LogP contribution in [0.25, 0.3) is 0 Å². The number of unbranched alkanes of at least 4 members (excludes halogenated alkanes) is 3. The Morgan fingerprint density at radius 3 is 2.45 bits per heavy atom. The Kier molecular flexibility index (Phi) is 6.94. The van der Waals surface area contributed by atoms with Crippen LogP contribution in [0, 0.1) is 0 Å². The molecule has 5 nitrogen and oxygen atoms in total. The van der Waals surface area contributed by atoms with Crippen LogP contribution in [0.15, 0.2) is 46.5 Å². The minimum atomic E-state index is -1.89. The van der Waals surface area contributed by atoms with E-state index in [1.807, 2.05) is 30.3 Å². The van der Waals surface area contributed by atoms with Gasteiger partial charge in [-0.15, -0.1) is 0 Å². The summed E-state index contributed by atoms with van der Waals surface area (Å²) in [5, 5.41) is 10.3. The van der Waals surface area contributed by atoms with Gasteiger partial charge in [0.15, 0.2) is 0 Å². The van der Waals surface area contributed by atoms with Crippen molar-refractivity contribution >= 4 is 46.5 Å². The fraction of sp³-hybridized carbons (Fsp3) is 0.360. The molecule has 1 unspecified atom stereocenters. The summed E-state index contributed by atoms with van der Waals surface area (Å²) in [5.41, 5.74) is -0.269. The summed E-state index contributed by atoms with van der Waals surface area (Å²) in [4.78, 5) is 28.0. The SMILES string of the molecule is CCCCCCc1c(O)c(Cl)cc2c1OC1(C2=O)C(Cl)=C(Cl)C(=O)N1CCc1ccccc1. The molecule has 1 spiro atoms. The molecule has 2 aromatic carbocycles. The lowest BCUT2D eigenvalue weighted by molar-refractivity contribution is -0.134. The van der Waals surface area contributed by atoms with Crippen LogP contribution in [0.1, 0.15) is 54.1 Å². The van der Waals surface area contributed by atoms with Gasteiger partial charge in [0.1, 0.15) is 21.6 Å². The van der Waals surface area contributed by atoms with Crippen molar-refractivity contribution in [1.29, 1.82) is 0 Å².